The lowest BCUT2D eigenvalue weighted by Gasteiger charge is -2.29. The number of carbonyl (C=O) groups is 1. The van der Waals surface area contributed by atoms with Crippen molar-refractivity contribution in [2.75, 3.05) is 7.05 Å². The summed E-state index contributed by atoms with van der Waals surface area (Å²) in [6.45, 7) is 5.63. The molecule has 0 saturated carbocycles. The molecule has 0 amide bonds. The normalized spacial score (nSPS) is 14.9. The molecule has 0 aromatic heterocycles. The van der Waals surface area contributed by atoms with Gasteiger partial charge in [0, 0.05) is 11.1 Å². The molecule has 0 heterocycles. The molecule has 1 rings (SSSR count). The minimum Gasteiger partial charge on any atom is -0.298 e. The maximum Gasteiger partial charge on any atom is 0.146 e. The molecular weight excluding hydrogens is 222 g/mol. The smallest absolute Gasteiger partial charge is 0.146 e. The van der Waals surface area contributed by atoms with Crippen LogP contribution in [0, 0.1) is 0 Å². The average Bonchev–Trinajstić information content (AvgIpc) is 2.27. The lowest BCUT2D eigenvalue weighted by Crippen LogP contribution is -2.36. The first-order valence-electron chi connectivity index (χ1n) is 5.41. The van der Waals surface area contributed by atoms with Crippen LogP contribution in [0.4, 0.5) is 0 Å². The van der Waals surface area contributed by atoms with Gasteiger partial charge in [0.2, 0.25) is 0 Å². The topological polar surface area (TPSA) is 20.3 Å². The summed E-state index contributed by atoms with van der Waals surface area (Å²) in [7, 11) is 1.96. The van der Waals surface area contributed by atoms with Crippen LogP contribution in [0.1, 0.15) is 32.4 Å². The highest BCUT2D eigenvalue weighted by Gasteiger charge is 2.20. The van der Waals surface area contributed by atoms with Gasteiger partial charge in [-0.1, -0.05) is 23.7 Å². The zero-order valence-corrected chi connectivity index (χ0v) is 11.0. The maximum absolute atomic E-state index is 11.3. The van der Waals surface area contributed by atoms with Crippen LogP contribution in [0.15, 0.2) is 24.3 Å². The molecule has 1 aromatic carbocycles. The van der Waals surface area contributed by atoms with Gasteiger partial charge >= 0.3 is 0 Å². The van der Waals surface area contributed by atoms with E-state index in [-0.39, 0.29) is 17.9 Å². The Morgan fingerprint density at radius 3 is 2.19 bits per heavy atom. The molecule has 0 aliphatic rings. The highest BCUT2D eigenvalue weighted by atomic mass is 35.5. The molecule has 2 atom stereocenters. The monoisotopic (exact) mass is 239 g/mol. The Morgan fingerprint density at radius 2 is 1.75 bits per heavy atom. The number of Topliss-reactive ketones (excluding diaryl/α,β-unsaturated/α-hetero) is 1. The number of ketones is 1. The van der Waals surface area contributed by atoms with Crippen LogP contribution in [0.3, 0.4) is 0 Å². The van der Waals surface area contributed by atoms with Gasteiger partial charge in [0.25, 0.3) is 0 Å². The molecule has 88 valence electrons. The first kappa shape index (κ1) is 13.2. The predicted molar refractivity (Wildman–Crippen MR) is 67.8 cm³/mol. The van der Waals surface area contributed by atoms with Gasteiger partial charge in [-0.2, -0.15) is 0 Å². The Bertz CT molecular complexity index is 361. The number of likely N-dealkylation sites (N-methyl/N-ethyl adjacent to an activating group) is 1. The van der Waals surface area contributed by atoms with Crippen LogP contribution in [0.25, 0.3) is 0 Å². The van der Waals surface area contributed by atoms with E-state index in [4.69, 9.17) is 11.6 Å². The summed E-state index contributed by atoms with van der Waals surface area (Å²) in [5.74, 6) is 0.184. The zero-order valence-electron chi connectivity index (χ0n) is 10.2. The summed E-state index contributed by atoms with van der Waals surface area (Å²) >= 11 is 5.84. The fraction of sp³-hybridized carbons (Fsp3) is 0.462. The second-order valence-electron chi connectivity index (χ2n) is 4.18. The molecule has 16 heavy (non-hydrogen) atoms. The van der Waals surface area contributed by atoms with Gasteiger partial charge < -0.3 is 0 Å². The van der Waals surface area contributed by atoms with Crippen LogP contribution < -0.4 is 0 Å². The third-order valence-corrected chi connectivity index (χ3v) is 3.41. The summed E-state index contributed by atoms with van der Waals surface area (Å²) in [6.07, 6.45) is 0. The van der Waals surface area contributed by atoms with E-state index in [9.17, 15) is 4.79 Å². The summed E-state index contributed by atoms with van der Waals surface area (Å²) in [5.41, 5.74) is 1.17. The van der Waals surface area contributed by atoms with Gasteiger partial charge in [0.1, 0.15) is 5.78 Å². The Kier molecular flexibility index (Phi) is 4.51. The van der Waals surface area contributed by atoms with E-state index in [1.165, 1.54) is 5.56 Å². The molecule has 0 fully saturated rings. The summed E-state index contributed by atoms with van der Waals surface area (Å²) in [5, 5.41) is 0.734. The van der Waals surface area contributed by atoms with Crippen molar-refractivity contribution in [1.29, 1.82) is 0 Å². The number of halogens is 1. The van der Waals surface area contributed by atoms with Gasteiger partial charge in [-0.25, -0.2) is 0 Å². The quantitative estimate of drug-likeness (QED) is 0.804. The van der Waals surface area contributed by atoms with E-state index >= 15 is 0 Å². The van der Waals surface area contributed by atoms with Crippen molar-refractivity contribution >= 4 is 17.4 Å². The minimum absolute atomic E-state index is 0.0642. The molecule has 0 bridgehead atoms. The van der Waals surface area contributed by atoms with Gasteiger partial charge in [0.05, 0.1) is 6.04 Å². The van der Waals surface area contributed by atoms with E-state index in [0.717, 1.165) is 5.02 Å². The van der Waals surface area contributed by atoms with E-state index < -0.39 is 0 Å². The van der Waals surface area contributed by atoms with Crippen molar-refractivity contribution < 1.29 is 4.79 Å². The van der Waals surface area contributed by atoms with Crippen molar-refractivity contribution in [3.05, 3.63) is 34.9 Å². The van der Waals surface area contributed by atoms with Gasteiger partial charge in [-0.05, 0) is 45.5 Å². The van der Waals surface area contributed by atoms with Crippen molar-refractivity contribution in [2.24, 2.45) is 0 Å². The Balaban J connectivity index is 2.81. The minimum atomic E-state index is -0.0642. The Morgan fingerprint density at radius 1 is 1.25 bits per heavy atom. The molecule has 3 heteroatoms. The van der Waals surface area contributed by atoms with E-state index in [2.05, 4.69) is 11.8 Å². The van der Waals surface area contributed by atoms with Crippen LogP contribution in [-0.4, -0.2) is 23.8 Å². The van der Waals surface area contributed by atoms with Crippen molar-refractivity contribution in [3.63, 3.8) is 0 Å². The predicted octanol–water partition coefficient (Wildman–Crippen LogP) is 3.31. The molecule has 0 saturated heterocycles. The fourth-order valence-electron chi connectivity index (χ4n) is 1.60. The van der Waals surface area contributed by atoms with Crippen LogP contribution in [0.2, 0.25) is 5.02 Å². The standard InChI is InChI=1S/C13H18ClNO/c1-9(11(3)16)15(4)10(2)12-5-7-13(14)8-6-12/h5-10H,1-4H3. The van der Waals surface area contributed by atoms with Gasteiger partial charge in [-0.15, -0.1) is 0 Å². The number of hydrogen-bond acceptors (Lipinski definition) is 2. The molecule has 0 aliphatic heterocycles. The second kappa shape index (κ2) is 5.46. The fourth-order valence-corrected chi connectivity index (χ4v) is 1.72. The molecular formula is C13H18ClNO. The van der Waals surface area contributed by atoms with Crippen molar-refractivity contribution in [1.82, 2.24) is 4.90 Å². The highest BCUT2D eigenvalue weighted by Crippen LogP contribution is 2.22. The second-order valence-corrected chi connectivity index (χ2v) is 4.62. The molecule has 2 nitrogen and oxygen atoms in total. The SMILES string of the molecule is CC(=O)C(C)N(C)C(C)c1ccc(Cl)cc1. The molecule has 2 unspecified atom stereocenters. The number of carbonyl (C=O) groups excluding carboxylic acids is 1. The molecule has 0 spiro atoms. The first-order valence-corrected chi connectivity index (χ1v) is 5.79. The number of nitrogens with zero attached hydrogens (tertiary/aromatic N) is 1. The summed E-state index contributed by atoms with van der Waals surface area (Å²) < 4.78 is 0. The summed E-state index contributed by atoms with van der Waals surface area (Å²) in [4.78, 5) is 13.4. The first-order chi connectivity index (χ1) is 7.43. The molecule has 1 aromatic rings. The Hall–Kier alpha value is -0.860. The van der Waals surface area contributed by atoms with Gasteiger partial charge in [-0.3, -0.25) is 9.69 Å². The lowest BCUT2D eigenvalue weighted by molar-refractivity contribution is -0.121. The molecule has 0 radical (unpaired) electrons. The van der Waals surface area contributed by atoms with Gasteiger partial charge in [0.15, 0.2) is 0 Å². The average molecular weight is 240 g/mol. The van der Waals surface area contributed by atoms with Crippen molar-refractivity contribution in [3.8, 4) is 0 Å². The van der Waals surface area contributed by atoms with Crippen molar-refractivity contribution in [2.45, 2.75) is 32.9 Å². The van der Waals surface area contributed by atoms with Crippen LogP contribution >= 0.6 is 11.6 Å². The third-order valence-electron chi connectivity index (χ3n) is 3.16. The Labute approximate surface area is 102 Å². The highest BCUT2D eigenvalue weighted by molar-refractivity contribution is 6.30. The third kappa shape index (κ3) is 3.06. The van der Waals surface area contributed by atoms with E-state index in [1.807, 2.05) is 38.2 Å². The summed E-state index contributed by atoms with van der Waals surface area (Å²) in [6, 6.07) is 7.88. The number of rotatable bonds is 4. The number of hydrogen-bond donors (Lipinski definition) is 0. The largest absolute Gasteiger partial charge is 0.298 e. The van der Waals surface area contributed by atoms with E-state index in [0.29, 0.717) is 0 Å². The molecule has 0 aliphatic carbocycles. The zero-order chi connectivity index (χ0) is 12.3. The number of benzene rings is 1. The van der Waals surface area contributed by atoms with E-state index in [1.54, 1.807) is 6.92 Å². The van der Waals surface area contributed by atoms with Crippen LogP contribution in [0.5, 0.6) is 0 Å². The molecule has 0 N–H and O–H groups in total. The lowest BCUT2D eigenvalue weighted by atomic mass is 10.1. The maximum atomic E-state index is 11.3. The van der Waals surface area contributed by atoms with Crippen LogP contribution in [-0.2, 0) is 4.79 Å².